The molecule has 0 rings (SSSR count). The van der Waals surface area contributed by atoms with Crippen LogP contribution >= 0.6 is 0 Å². The van der Waals surface area contributed by atoms with Crippen LogP contribution in [-0.2, 0) is 0 Å². The Morgan fingerprint density at radius 1 is 1.12 bits per heavy atom. The Labute approximate surface area is 111 Å². The van der Waals surface area contributed by atoms with Gasteiger partial charge in [-0.2, -0.15) is 0 Å². The second-order valence-corrected chi connectivity index (χ2v) is 3.53. The van der Waals surface area contributed by atoms with Gasteiger partial charge in [0.05, 0.1) is 0 Å². The Kier molecular flexibility index (Phi) is 43.5. The largest absolute Gasteiger partial charge is 0.328 e. The van der Waals surface area contributed by atoms with Crippen LogP contribution in [0.4, 0.5) is 0 Å². The predicted molar refractivity (Wildman–Crippen MR) is 85.4 cm³/mol. The highest BCUT2D eigenvalue weighted by atomic mass is 14.6. The van der Waals surface area contributed by atoms with Crippen LogP contribution in [-0.4, -0.2) is 6.04 Å². The molecule has 0 aromatic rings. The molecule has 104 valence electrons. The van der Waals surface area contributed by atoms with Crippen molar-refractivity contribution in [2.24, 2.45) is 5.73 Å². The summed E-state index contributed by atoms with van der Waals surface area (Å²) in [6, 6.07) is 0.435. The molecular weight excluding hydrogens is 206 g/mol. The Hall–Kier alpha value is -0.820. The zero-order valence-electron chi connectivity index (χ0n) is 11.4. The summed E-state index contributed by atoms with van der Waals surface area (Å²) in [5.74, 6) is 0. The van der Waals surface area contributed by atoms with Gasteiger partial charge in [0, 0.05) is 6.04 Å². The molecule has 1 unspecified atom stereocenters. The van der Waals surface area contributed by atoms with Gasteiger partial charge in [-0.1, -0.05) is 39.3 Å². The molecule has 2 N–H and O–H groups in total. The van der Waals surface area contributed by atoms with Gasteiger partial charge >= 0.3 is 0 Å². The SMILES string of the molecule is C.C=C.C=CC.C=CCCCCC(N)CCC. The van der Waals surface area contributed by atoms with E-state index in [4.69, 9.17) is 5.73 Å². The third-order valence-corrected chi connectivity index (χ3v) is 1.89. The van der Waals surface area contributed by atoms with E-state index in [0.717, 1.165) is 6.42 Å². The van der Waals surface area contributed by atoms with Crippen molar-refractivity contribution in [3.63, 3.8) is 0 Å². The number of hydrogen-bond acceptors (Lipinski definition) is 1. The maximum atomic E-state index is 5.84. The van der Waals surface area contributed by atoms with Gasteiger partial charge in [-0.05, 0) is 32.6 Å². The minimum Gasteiger partial charge on any atom is -0.328 e. The summed E-state index contributed by atoms with van der Waals surface area (Å²) < 4.78 is 0. The minimum atomic E-state index is 0. The quantitative estimate of drug-likeness (QED) is 0.463. The summed E-state index contributed by atoms with van der Waals surface area (Å²) in [7, 11) is 0. The van der Waals surface area contributed by atoms with E-state index in [1.807, 2.05) is 13.0 Å². The molecule has 0 heterocycles. The first kappa shape index (κ1) is 25.1. The predicted octanol–water partition coefficient (Wildman–Crippen LogP) is 5.49. The molecule has 0 aromatic carbocycles. The first-order valence-corrected chi connectivity index (χ1v) is 6.16. The summed E-state index contributed by atoms with van der Waals surface area (Å²) in [5, 5.41) is 0. The molecule has 0 aliphatic rings. The normalized spacial score (nSPS) is 9.35. The van der Waals surface area contributed by atoms with Crippen molar-refractivity contribution in [3.05, 3.63) is 38.5 Å². The first-order chi connectivity index (χ1) is 7.72. The number of nitrogens with two attached hydrogens (primary N) is 1. The van der Waals surface area contributed by atoms with Crippen molar-refractivity contribution >= 4 is 0 Å². The van der Waals surface area contributed by atoms with Crippen LogP contribution in [0.3, 0.4) is 0 Å². The highest BCUT2D eigenvalue weighted by Gasteiger charge is 1.98. The minimum absolute atomic E-state index is 0. The summed E-state index contributed by atoms with van der Waals surface area (Å²) in [4.78, 5) is 0. The molecule has 0 aromatic heterocycles. The highest BCUT2D eigenvalue weighted by molar-refractivity contribution is 4.67. The zero-order valence-corrected chi connectivity index (χ0v) is 11.4. The molecule has 0 saturated carbocycles. The van der Waals surface area contributed by atoms with Gasteiger partial charge in [-0.3, -0.25) is 0 Å². The van der Waals surface area contributed by atoms with E-state index < -0.39 is 0 Å². The monoisotopic (exact) mass is 241 g/mol. The second-order valence-electron chi connectivity index (χ2n) is 3.53. The van der Waals surface area contributed by atoms with Gasteiger partial charge in [0.1, 0.15) is 0 Å². The molecule has 0 fully saturated rings. The molecule has 1 heteroatoms. The highest BCUT2D eigenvalue weighted by Crippen LogP contribution is 2.06. The average molecular weight is 241 g/mol. The molecule has 0 saturated heterocycles. The summed E-state index contributed by atoms with van der Waals surface area (Å²) >= 11 is 0. The lowest BCUT2D eigenvalue weighted by Crippen LogP contribution is -2.18. The fraction of sp³-hybridized carbons (Fsp3) is 0.625. The van der Waals surface area contributed by atoms with E-state index >= 15 is 0 Å². The number of hydrogen-bond donors (Lipinski definition) is 1. The molecule has 0 radical (unpaired) electrons. The van der Waals surface area contributed by atoms with E-state index in [-0.39, 0.29) is 7.43 Å². The van der Waals surface area contributed by atoms with Crippen molar-refractivity contribution in [1.29, 1.82) is 0 Å². The van der Waals surface area contributed by atoms with Crippen molar-refractivity contribution in [3.8, 4) is 0 Å². The topological polar surface area (TPSA) is 26.0 Å². The number of rotatable bonds is 7. The summed E-state index contributed by atoms with van der Waals surface area (Å²) in [5.41, 5.74) is 5.84. The smallest absolute Gasteiger partial charge is 0.00387 e. The molecule has 0 aliphatic heterocycles. The molecule has 0 aliphatic carbocycles. The third-order valence-electron chi connectivity index (χ3n) is 1.89. The Morgan fingerprint density at radius 2 is 1.59 bits per heavy atom. The molecular formula is C16H35N. The lowest BCUT2D eigenvalue weighted by molar-refractivity contribution is 0.528. The van der Waals surface area contributed by atoms with Crippen molar-refractivity contribution in [2.45, 2.75) is 65.8 Å². The van der Waals surface area contributed by atoms with E-state index in [0.29, 0.717) is 6.04 Å². The van der Waals surface area contributed by atoms with Gasteiger partial charge in [-0.15, -0.1) is 26.3 Å². The maximum Gasteiger partial charge on any atom is 0.00387 e. The third kappa shape index (κ3) is 39.4. The molecule has 1 nitrogen and oxygen atoms in total. The van der Waals surface area contributed by atoms with Gasteiger partial charge in [0.15, 0.2) is 0 Å². The van der Waals surface area contributed by atoms with Crippen LogP contribution in [0.1, 0.15) is 59.8 Å². The Morgan fingerprint density at radius 3 is 1.94 bits per heavy atom. The van der Waals surface area contributed by atoms with Crippen LogP contribution in [0.5, 0.6) is 0 Å². The van der Waals surface area contributed by atoms with Gasteiger partial charge in [0.25, 0.3) is 0 Å². The van der Waals surface area contributed by atoms with Crippen LogP contribution in [0, 0.1) is 0 Å². The first-order valence-electron chi connectivity index (χ1n) is 6.16. The van der Waals surface area contributed by atoms with Crippen LogP contribution in [0.2, 0.25) is 0 Å². The molecule has 17 heavy (non-hydrogen) atoms. The lowest BCUT2D eigenvalue weighted by Gasteiger charge is -2.08. The maximum absolute atomic E-state index is 5.84. The summed E-state index contributed by atoms with van der Waals surface area (Å²) in [6.45, 7) is 17.1. The van der Waals surface area contributed by atoms with Crippen molar-refractivity contribution in [1.82, 2.24) is 0 Å². The van der Waals surface area contributed by atoms with E-state index in [9.17, 15) is 0 Å². The van der Waals surface area contributed by atoms with Crippen LogP contribution in [0.15, 0.2) is 38.5 Å². The van der Waals surface area contributed by atoms with Gasteiger partial charge in [0.2, 0.25) is 0 Å². The van der Waals surface area contributed by atoms with Crippen molar-refractivity contribution < 1.29 is 0 Å². The molecule has 1 atom stereocenters. The van der Waals surface area contributed by atoms with Gasteiger partial charge in [-0.25, -0.2) is 0 Å². The standard InChI is InChI=1S/C10H21N.C3H6.C2H4.CH4/c1-3-5-6-7-9-10(11)8-4-2;1-3-2;1-2;/h3,10H,1,4-9,11H2,2H3;3H,1H2,2H3;1-2H2;1H4. The van der Waals surface area contributed by atoms with E-state index in [1.54, 1.807) is 6.08 Å². The fourth-order valence-electron chi connectivity index (χ4n) is 1.21. The Bertz CT molecular complexity index is 129. The van der Waals surface area contributed by atoms with E-state index in [2.05, 4.69) is 33.2 Å². The Balaban J connectivity index is -0.000000122. The zero-order chi connectivity index (χ0) is 13.2. The van der Waals surface area contributed by atoms with Crippen LogP contribution in [0.25, 0.3) is 0 Å². The van der Waals surface area contributed by atoms with E-state index in [1.165, 1.54) is 32.1 Å². The number of unbranched alkanes of at least 4 members (excludes halogenated alkanes) is 2. The fourth-order valence-corrected chi connectivity index (χ4v) is 1.21. The van der Waals surface area contributed by atoms with Crippen molar-refractivity contribution in [2.75, 3.05) is 0 Å². The lowest BCUT2D eigenvalue weighted by atomic mass is 10.1. The molecule has 0 spiro atoms. The van der Waals surface area contributed by atoms with Crippen LogP contribution < -0.4 is 5.73 Å². The number of allylic oxidation sites excluding steroid dienone is 2. The second kappa shape index (κ2) is 29.5. The molecule has 0 amide bonds. The summed E-state index contributed by atoms with van der Waals surface area (Å²) in [6.07, 6.45) is 10.9. The molecule has 0 bridgehead atoms. The average Bonchev–Trinajstić information content (AvgIpc) is 2.29. The van der Waals surface area contributed by atoms with Gasteiger partial charge < -0.3 is 5.73 Å².